The van der Waals surface area contributed by atoms with Gasteiger partial charge in [0.15, 0.2) is 8.46 Å². The van der Waals surface area contributed by atoms with Crippen LogP contribution in [-0.2, 0) is 4.57 Å². The number of rotatable bonds is 3. The van der Waals surface area contributed by atoms with Crippen molar-refractivity contribution in [1.29, 1.82) is 0 Å². The second-order valence-corrected chi connectivity index (χ2v) is 1.77. The average Bonchev–Trinajstić information content (AvgIpc) is 1.61. The van der Waals surface area contributed by atoms with Crippen molar-refractivity contribution in [1.82, 2.24) is 0 Å². The van der Waals surface area contributed by atoms with Gasteiger partial charge in [0.25, 0.3) is 0 Å². The second kappa shape index (κ2) is 5.10. The van der Waals surface area contributed by atoms with E-state index < -0.39 is 0 Å². The van der Waals surface area contributed by atoms with Gasteiger partial charge in [-0.15, -0.1) is 0 Å². The molecule has 0 aliphatic heterocycles. The molecule has 0 saturated heterocycles. The van der Waals surface area contributed by atoms with Gasteiger partial charge in [-0.25, -0.2) is 0 Å². The summed E-state index contributed by atoms with van der Waals surface area (Å²) >= 11 is 0. The summed E-state index contributed by atoms with van der Waals surface area (Å²) in [5.41, 5.74) is 0. The van der Waals surface area contributed by atoms with Gasteiger partial charge >= 0.3 is 0 Å². The van der Waals surface area contributed by atoms with E-state index in [2.05, 4.69) is 6.92 Å². The SMILES string of the molecule is [CH2]CCCP=O. The van der Waals surface area contributed by atoms with E-state index in [1.165, 1.54) is 0 Å². The molecule has 0 aliphatic rings. The van der Waals surface area contributed by atoms with Gasteiger partial charge in [-0.05, 0) is 6.42 Å². The molecule has 0 aromatic rings. The number of hydrogen-bond donors (Lipinski definition) is 0. The lowest BCUT2D eigenvalue weighted by molar-refractivity contribution is 0.597. The van der Waals surface area contributed by atoms with Crippen molar-refractivity contribution in [3.05, 3.63) is 6.92 Å². The molecule has 0 aromatic carbocycles. The Bertz CT molecular complexity index is 36.5. The zero-order valence-electron chi connectivity index (χ0n) is 3.68. The Morgan fingerprint density at radius 2 is 2.33 bits per heavy atom. The predicted octanol–water partition coefficient (Wildman–Crippen LogP) is 1.89. The Labute approximate surface area is 40.0 Å². The zero-order chi connectivity index (χ0) is 4.83. The average molecular weight is 103 g/mol. The minimum atomic E-state index is 0.255. The van der Waals surface area contributed by atoms with Crippen LogP contribution in [0.2, 0.25) is 0 Å². The van der Waals surface area contributed by atoms with Crippen LogP contribution in [0.15, 0.2) is 0 Å². The predicted molar refractivity (Wildman–Crippen MR) is 27.1 cm³/mol. The van der Waals surface area contributed by atoms with Gasteiger partial charge in [-0.1, -0.05) is 13.3 Å². The van der Waals surface area contributed by atoms with E-state index in [-0.39, 0.29) is 8.46 Å². The van der Waals surface area contributed by atoms with Gasteiger partial charge in [0.2, 0.25) is 0 Å². The molecule has 0 atom stereocenters. The van der Waals surface area contributed by atoms with Gasteiger partial charge in [0.05, 0.1) is 0 Å². The van der Waals surface area contributed by atoms with Crippen LogP contribution >= 0.6 is 8.46 Å². The molecular weight excluding hydrogens is 95.0 g/mol. The van der Waals surface area contributed by atoms with Gasteiger partial charge in [0, 0.05) is 6.16 Å². The van der Waals surface area contributed by atoms with E-state index in [4.69, 9.17) is 0 Å². The molecule has 0 bridgehead atoms. The summed E-state index contributed by atoms with van der Waals surface area (Å²) in [7, 11) is 0.255. The molecule has 0 heterocycles. The third-order valence-electron chi connectivity index (χ3n) is 0.499. The highest BCUT2D eigenvalue weighted by molar-refractivity contribution is 7.23. The topological polar surface area (TPSA) is 17.1 Å². The minimum absolute atomic E-state index is 0.255. The minimum Gasteiger partial charge on any atom is -0.275 e. The zero-order valence-corrected chi connectivity index (χ0v) is 4.58. The lowest BCUT2D eigenvalue weighted by Crippen LogP contribution is -1.66. The van der Waals surface area contributed by atoms with Gasteiger partial charge in [0.1, 0.15) is 0 Å². The van der Waals surface area contributed by atoms with Crippen LogP contribution in [0, 0.1) is 6.92 Å². The maximum atomic E-state index is 9.63. The second-order valence-electron chi connectivity index (χ2n) is 1.06. The van der Waals surface area contributed by atoms with Crippen LogP contribution in [-0.4, -0.2) is 6.16 Å². The Balaban J connectivity index is 2.49. The Morgan fingerprint density at radius 3 is 2.50 bits per heavy atom. The van der Waals surface area contributed by atoms with E-state index in [0.717, 1.165) is 19.0 Å². The van der Waals surface area contributed by atoms with E-state index in [9.17, 15) is 4.57 Å². The maximum absolute atomic E-state index is 9.63. The molecule has 0 rings (SSSR count). The molecule has 1 nitrogen and oxygen atoms in total. The van der Waals surface area contributed by atoms with Crippen LogP contribution < -0.4 is 0 Å². The van der Waals surface area contributed by atoms with E-state index in [0.29, 0.717) is 0 Å². The first-order chi connectivity index (χ1) is 2.91. The monoisotopic (exact) mass is 103 g/mol. The summed E-state index contributed by atoms with van der Waals surface area (Å²) in [6.45, 7) is 3.58. The quantitative estimate of drug-likeness (QED) is 0.393. The van der Waals surface area contributed by atoms with Crippen LogP contribution in [0.1, 0.15) is 12.8 Å². The molecule has 6 heavy (non-hydrogen) atoms. The number of unbranched alkanes of at least 4 members (excludes halogenated alkanes) is 1. The van der Waals surface area contributed by atoms with Gasteiger partial charge < -0.3 is 0 Å². The summed E-state index contributed by atoms with van der Waals surface area (Å²) in [5, 5.41) is 0. The standard InChI is InChI=1S/C4H8OP/c1-2-3-4-6-5/h1-4H2. The van der Waals surface area contributed by atoms with Gasteiger partial charge in [-0.2, -0.15) is 0 Å². The first-order valence-electron chi connectivity index (χ1n) is 2.00. The summed E-state index contributed by atoms with van der Waals surface area (Å²) in [4.78, 5) is 0. The normalized spacial score (nSPS) is 9.50. The summed E-state index contributed by atoms with van der Waals surface area (Å²) in [6, 6.07) is 0. The number of hydrogen-bond acceptors (Lipinski definition) is 1. The van der Waals surface area contributed by atoms with Crippen LogP contribution in [0.3, 0.4) is 0 Å². The highest BCUT2D eigenvalue weighted by Crippen LogP contribution is 1.95. The molecule has 0 N–H and O–H groups in total. The van der Waals surface area contributed by atoms with E-state index in [1.807, 2.05) is 0 Å². The lowest BCUT2D eigenvalue weighted by atomic mass is 10.4. The maximum Gasteiger partial charge on any atom is 0.155 e. The van der Waals surface area contributed by atoms with E-state index in [1.54, 1.807) is 0 Å². The molecule has 0 unspecified atom stereocenters. The van der Waals surface area contributed by atoms with Crippen molar-refractivity contribution in [2.45, 2.75) is 12.8 Å². The third kappa shape index (κ3) is 4.10. The molecular formula is C4H8OP. The molecule has 2 heteroatoms. The molecule has 0 amide bonds. The van der Waals surface area contributed by atoms with Crippen molar-refractivity contribution in [3.8, 4) is 0 Å². The first kappa shape index (κ1) is 6.10. The molecule has 0 aliphatic carbocycles. The third-order valence-corrected chi connectivity index (χ3v) is 0.998. The van der Waals surface area contributed by atoms with Crippen LogP contribution in [0.5, 0.6) is 0 Å². The fourth-order valence-electron chi connectivity index (χ4n) is 0.176. The summed E-state index contributed by atoms with van der Waals surface area (Å²) in [6.07, 6.45) is 2.64. The lowest BCUT2D eigenvalue weighted by Gasteiger charge is -1.77. The Morgan fingerprint density at radius 1 is 1.67 bits per heavy atom. The van der Waals surface area contributed by atoms with E-state index >= 15 is 0 Å². The Hall–Kier alpha value is 0.100. The molecule has 0 fully saturated rings. The fraction of sp³-hybridized carbons (Fsp3) is 0.750. The fourth-order valence-corrected chi connectivity index (χ4v) is 0.529. The summed E-state index contributed by atoms with van der Waals surface area (Å²) < 4.78 is 9.63. The van der Waals surface area contributed by atoms with Crippen molar-refractivity contribution in [3.63, 3.8) is 0 Å². The molecule has 35 valence electrons. The smallest absolute Gasteiger partial charge is 0.155 e. The first-order valence-corrected chi connectivity index (χ1v) is 3.00. The van der Waals surface area contributed by atoms with Crippen LogP contribution in [0.25, 0.3) is 0 Å². The highest BCUT2D eigenvalue weighted by atomic mass is 31.1. The molecule has 0 spiro atoms. The van der Waals surface area contributed by atoms with Crippen LogP contribution in [0.4, 0.5) is 0 Å². The van der Waals surface area contributed by atoms with Crippen molar-refractivity contribution < 1.29 is 4.57 Å². The summed E-state index contributed by atoms with van der Waals surface area (Å²) in [5.74, 6) is 0. The molecule has 0 saturated carbocycles. The molecule has 1 radical (unpaired) electrons. The highest BCUT2D eigenvalue weighted by Gasteiger charge is 1.76. The van der Waals surface area contributed by atoms with Crippen molar-refractivity contribution in [2.24, 2.45) is 0 Å². The van der Waals surface area contributed by atoms with Gasteiger partial charge in [-0.3, -0.25) is 4.57 Å². The molecule has 0 aromatic heterocycles. The Kier molecular flexibility index (Phi) is 5.18. The van der Waals surface area contributed by atoms with Crippen molar-refractivity contribution >= 4 is 8.46 Å². The largest absolute Gasteiger partial charge is 0.275 e. The van der Waals surface area contributed by atoms with Crippen molar-refractivity contribution in [2.75, 3.05) is 6.16 Å².